The number of amides is 1. The second-order valence-electron chi connectivity index (χ2n) is 8.04. The Morgan fingerprint density at radius 2 is 1.76 bits per heavy atom. The Bertz CT molecular complexity index is 1320. The van der Waals surface area contributed by atoms with Gasteiger partial charge in [-0.2, -0.15) is 0 Å². The highest BCUT2D eigenvalue weighted by Gasteiger charge is 2.16. The number of rotatable bonds is 6. The maximum atomic E-state index is 12.6. The summed E-state index contributed by atoms with van der Waals surface area (Å²) in [5.41, 5.74) is 10.9. The van der Waals surface area contributed by atoms with Crippen LogP contribution >= 0.6 is 0 Å². The summed E-state index contributed by atoms with van der Waals surface area (Å²) in [6.45, 7) is 4.01. The number of ether oxygens (including phenoxy) is 1. The Morgan fingerprint density at radius 1 is 0.970 bits per heavy atom. The number of anilines is 1. The lowest BCUT2D eigenvalue weighted by Crippen LogP contribution is -2.27. The Hall–Kier alpha value is -4.03. The van der Waals surface area contributed by atoms with Crippen LogP contribution in [0.3, 0.4) is 0 Å². The lowest BCUT2D eigenvalue weighted by atomic mass is 10.0. The van der Waals surface area contributed by atoms with Gasteiger partial charge in [0.15, 0.2) is 0 Å². The highest BCUT2D eigenvalue weighted by atomic mass is 16.5. The summed E-state index contributed by atoms with van der Waals surface area (Å²) in [7, 11) is 0. The molecule has 1 atom stereocenters. The number of aromatic nitrogens is 1. The molecule has 0 aliphatic carbocycles. The zero-order valence-corrected chi connectivity index (χ0v) is 18.5. The van der Waals surface area contributed by atoms with Gasteiger partial charge in [0.25, 0.3) is 0 Å². The lowest BCUT2D eigenvalue weighted by Gasteiger charge is -2.14. The van der Waals surface area contributed by atoms with E-state index >= 15 is 0 Å². The fraction of sp³-hybridized carbons (Fsp3) is 0.148. The zero-order valence-electron chi connectivity index (χ0n) is 18.5. The Morgan fingerprint density at radius 3 is 2.52 bits per heavy atom. The minimum Gasteiger partial charge on any atom is -0.457 e. The summed E-state index contributed by atoms with van der Waals surface area (Å²) in [6, 6.07) is 19.4. The minimum atomic E-state index is -0.829. The number of aryl methyl sites for hydroxylation is 2. The summed E-state index contributed by atoms with van der Waals surface area (Å²) in [4.78, 5) is 29.1. The number of nitrogens with zero attached hydrogens (tertiary/aromatic N) is 1. The smallest absolute Gasteiger partial charge is 0.338 e. The minimum absolute atomic E-state index is 0.139. The van der Waals surface area contributed by atoms with Crippen molar-refractivity contribution in [3.8, 4) is 0 Å². The van der Waals surface area contributed by atoms with Crippen molar-refractivity contribution in [2.75, 3.05) is 5.32 Å². The van der Waals surface area contributed by atoms with Crippen LogP contribution in [0.1, 0.15) is 38.7 Å². The summed E-state index contributed by atoms with van der Waals surface area (Å²) in [6.07, 6.45) is 3.48. The Balaban J connectivity index is 1.36. The Kier molecular flexibility index (Phi) is 6.47. The standard InChI is InChI=1S/C27H25N3O3/c1-17-3-10-24(18(2)13-17)27(32)33-16-19-4-6-20(7-5-19)25(28)26(31)30-23-9-8-22-15-29-12-11-21(22)14-23/h3-15,25H,16,28H2,1-2H3,(H,30,31)/t25-/m1/s1. The number of carbonyl (C=O) groups excluding carboxylic acids is 2. The molecule has 3 aromatic carbocycles. The van der Waals surface area contributed by atoms with Crippen LogP contribution in [0.5, 0.6) is 0 Å². The normalized spacial score (nSPS) is 11.7. The molecular weight excluding hydrogens is 414 g/mol. The summed E-state index contributed by atoms with van der Waals surface area (Å²) < 4.78 is 5.44. The van der Waals surface area contributed by atoms with E-state index in [0.29, 0.717) is 16.8 Å². The van der Waals surface area contributed by atoms with Crippen LogP contribution in [-0.4, -0.2) is 16.9 Å². The third kappa shape index (κ3) is 5.25. The van der Waals surface area contributed by atoms with Crippen molar-refractivity contribution < 1.29 is 14.3 Å². The Labute approximate surface area is 192 Å². The first-order chi connectivity index (χ1) is 15.9. The van der Waals surface area contributed by atoms with Crippen molar-refractivity contribution in [2.45, 2.75) is 26.5 Å². The van der Waals surface area contributed by atoms with Crippen molar-refractivity contribution >= 4 is 28.3 Å². The van der Waals surface area contributed by atoms with Crippen molar-refractivity contribution in [3.05, 3.63) is 107 Å². The molecular formula is C27H25N3O3. The molecule has 0 spiro atoms. The second-order valence-corrected chi connectivity index (χ2v) is 8.04. The van der Waals surface area contributed by atoms with E-state index in [1.165, 1.54) is 0 Å². The monoisotopic (exact) mass is 439 g/mol. The lowest BCUT2D eigenvalue weighted by molar-refractivity contribution is -0.117. The third-order valence-corrected chi connectivity index (χ3v) is 5.50. The fourth-order valence-electron chi connectivity index (χ4n) is 3.62. The van der Waals surface area contributed by atoms with Crippen molar-refractivity contribution in [1.29, 1.82) is 0 Å². The summed E-state index contributed by atoms with van der Waals surface area (Å²) in [5.74, 6) is -0.670. The van der Waals surface area contributed by atoms with Gasteiger partial charge in [0.1, 0.15) is 12.6 Å². The van der Waals surface area contributed by atoms with E-state index in [0.717, 1.165) is 27.5 Å². The van der Waals surface area contributed by atoms with Gasteiger partial charge in [-0.05, 0) is 60.2 Å². The molecule has 0 saturated carbocycles. The van der Waals surface area contributed by atoms with Gasteiger partial charge < -0.3 is 15.8 Å². The molecule has 0 aliphatic rings. The number of carbonyl (C=O) groups is 2. The molecule has 6 nitrogen and oxygen atoms in total. The molecule has 4 rings (SSSR count). The summed E-state index contributed by atoms with van der Waals surface area (Å²) in [5, 5.41) is 4.84. The molecule has 166 valence electrons. The highest BCUT2D eigenvalue weighted by Crippen LogP contribution is 2.20. The van der Waals surface area contributed by atoms with Crippen LogP contribution in [-0.2, 0) is 16.1 Å². The van der Waals surface area contributed by atoms with Crippen LogP contribution in [0.4, 0.5) is 5.69 Å². The van der Waals surface area contributed by atoms with E-state index in [-0.39, 0.29) is 18.5 Å². The van der Waals surface area contributed by atoms with Crippen molar-refractivity contribution in [3.63, 3.8) is 0 Å². The molecule has 0 unspecified atom stereocenters. The number of pyridine rings is 1. The van der Waals surface area contributed by atoms with Crippen molar-refractivity contribution in [2.24, 2.45) is 5.73 Å². The van der Waals surface area contributed by atoms with Gasteiger partial charge >= 0.3 is 5.97 Å². The molecule has 0 fully saturated rings. The molecule has 4 aromatic rings. The van der Waals surface area contributed by atoms with E-state index in [4.69, 9.17) is 10.5 Å². The van der Waals surface area contributed by atoms with Crippen LogP contribution in [0, 0.1) is 13.8 Å². The predicted octanol–water partition coefficient (Wildman–Crippen LogP) is 4.85. The molecule has 1 amide bonds. The van der Waals surface area contributed by atoms with Crippen molar-refractivity contribution in [1.82, 2.24) is 4.98 Å². The van der Waals surface area contributed by atoms with Crippen LogP contribution in [0.2, 0.25) is 0 Å². The van der Waals surface area contributed by atoms with E-state index in [2.05, 4.69) is 10.3 Å². The number of hydrogen-bond acceptors (Lipinski definition) is 5. The number of fused-ring (bicyclic) bond motifs is 1. The van der Waals surface area contributed by atoms with E-state index < -0.39 is 6.04 Å². The zero-order chi connectivity index (χ0) is 23.4. The molecule has 0 aliphatic heterocycles. The highest BCUT2D eigenvalue weighted by molar-refractivity contribution is 5.97. The molecule has 0 saturated heterocycles. The average molecular weight is 440 g/mol. The van der Waals surface area contributed by atoms with Crippen LogP contribution in [0.15, 0.2) is 79.1 Å². The quantitative estimate of drug-likeness (QED) is 0.419. The molecule has 1 heterocycles. The number of nitrogens with two attached hydrogens (primary N) is 1. The SMILES string of the molecule is Cc1ccc(C(=O)OCc2ccc([C@@H](N)C(=O)Nc3ccc4cnccc4c3)cc2)c(C)c1. The van der Waals surface area contributed by atoms with E-state index in [9.17, 15) is 9.59 Å². The number of benzene rings is 3. The average Bonchev–Trinajstić information content (AvgIpc) is 2.82. The topological polar surface area (TPSA) is 94.3 Å². The first-order valence-electron chi connectivity index (χ1n) is 10.6. The van der Waals surface area contributed by atoms with Gasteiger partial charge in [0.2, 0.25) is 5.91 Å². The molecule has 6 heteroatoms. The van der Waals surface area contributed by atoms with Gasteiger partial charge in [-0.15, -0.1) is 0 Å². The van der Waals surface area contributed by atoms with Gasteiger partial charge in [-0.3, -0.25) is 9.78 Å². The number of nitrogens with one attached hydrogen (secondary N) is 1. The summed E-state index contributed by atoms with van der Waals surface area (Å²) >= 11 is 0. The number of esters is 1. The first kappa shape index (κ1) is 22.2. The fourth-order valence-corrected chi connectivity index (χ4v) is 3.62. The van der Waals surface area contributed by atoms with E-state index in [1.54, 1.807) is 42.7 Å². The predicted molar refractivity (Wildman–Crippen MR) is 129 cm³/mol. The van der Waals surface area contributed by atoms with Gasteiger partial charge in [0, 0.05) is 23.5 Å². The maximum absolute atomic E-state index is 12.6. The largest absolute Gasteiger partial charge is 0.457 e. The molecule has 0 bridgehead atoms. The van der Waals surface area contributed by atoms with Gasteiger partial charge in [0.05, 0.1) is 5.56 Å². The maximum Gasteiger partial charge on any atom is 0.338 e. The first-order valence-corrected chi connectivity index (χ1v) is 10.6. The second kappa shape index (κ2) is 9.63. The molecule has 0 radical (unpaired) electrons. The van der Waals surface area contributed by atoms with Crippen LogP contribution in [0.25, 0.3) is 10.8 Å². The van der Waals surface area contributed by atoms with Gasteiger partial charge in [-0.1, -0.05) is 48.0 Å². The molecule has 33 heavy (non-hydrogen) atoms. The molecule has 1 aromatic heterocycles. The molecule has 3 N–H and O–H groups in total. The van der Waals surface area contributed by atoms with Crippen LogP contribution < -0.4 is 11.1 Å². The number of hydrogen-bond donors (Lipinski definition) is 2. The van der Waals surface area contributed by atoms with E-state index in [1.807, 2.05) is 50.2 Å². The van der Waals surface area contributed by atoms with Gasteiger partial charge in [-0.25, -0.2) is 4.79 Å². The third-order valence-electron chi connectivity index (χ3n) is 5.50.